The number of anilines is 6. The Morgan fingerprint density at radius 2 is 0.575 bits per heavy atom. The van der Waals surface area contributed by atoms with Crippen molar-refractivity contribution in [3.63, 3.8) is 0 Å². The van der Waals surface area contributed by atoms with Crippen molar-refractivity contribution >= 4 is 64.5 Å². The molecule has 0 saturated carbocycles. The van der Waals surface area contributed by atoms with E-state index in [1.165, 1.54) is 96.7 Å². The fraction of sp³-hybridized carbons (Fsp3) is 0.152. The number of pyridine rings is 5. The van der Waals surface area contributed by atoms with Crippen LogP contribution in [0.4, 0.5) is 163 Å². The highest BCUT2D eigenvalue weighted by Crippen LogP contribution is 2.51. The molecule has 9 heterocycles. The monoisotopic (exact) mass is 2070 g/mol. The van der Waals surface area contributed by atoms with Gasteiger partial charge in [0.25, 0.3) is 11.5 Å². The van der Waals surface area contributed by atoms with E-state index in [9.17, 15) is 153 Å². The number of carboxylic acids is 1. The van der Waals surface area contributed by atoms with Crippen molar-refractivity contribution < 1.29 is 158 Å². The molecule has 9 aromatic heterocycles. The Balaban J connectivity index is 0.000000174. The number of carbonyl (C=O) groups is 5. The molecule has 0 fully saturated rings. The van der Waals surface area contributed by atoms with Gasteiger partial charge in [0.2, 0.25) is 5.91 Å². The highest BCUT2D eigenvalue weighted by molar-refractivity contribution is 6.04. The molecule has 0 aliphatic carbocycles. The summed E-state index contributed by atoms with van der Waals surface area (Å²) in [6.07, 6.45) is -32.8. The number of hydrogen-bond donors (Lipinski definition) is 9. The first-order valence-electron chi connectivity index (χ1n) is 40.8. The van der Waals surface area contributed by atoms with Crippen molar-refractivity contribution in [2.45, 2.75) is 86.6 Å². The van der Waals surface area contributed by atoms with Crippen molar-refractivity contribution in [1.82, 2.24) is 64.0 Å². The lowest BCUT2D eigenvalue weighted by Crippen LogP contribution is -2.53. The zero-order chi connectivity index (χ0) is 107. The maximum Gasteiger partial charge on any atom is 0.430 e. The van der Waals surface area contributed by atoms with Crippen LogP contribution in [0.25, 0.3) is 67.8 Å². The molecule has 54 heteroatoms. The van der Waals surface area contributed by atoms with Gasteiger partial charge in [-0.1, -0.05) is 24.3 Å². The van der Waals surface area contributed by atoms with E-state index in [-0.39, 0.29) is 69.3 Å². The van der Waals surface area contributed by atoms with Crippen LogP contribution in [0, 0.1) is 0 Å². The molecule has 762 valence electrons. The Labute approximate surface area is 800 Å². The molecule has 9 N–H and O–H groups in total. The van der Waals surface area contributed by atoms with Gasteiger partial charge in [0.05, 0.1) is 85.3 Å². The maximum atomic E-state index is 13.2. The Morgan fingerprint density at radius 3 is 0.863 bits per heavy atom. The number of rotatable bonds is 20. The number of hydrogen-bond acceptors (Lipinski definition) is 16. The van der Waals surface area contributed by atoms with Gasteiger partial charge in [-0.3, -0.25) is 49.9 Å². The minimum Gasteiger partial charge on any atom is -0.481 e. The zero-order valence-electron chi connectivity index (χ0n) is 72.9. The number of carboxylic acid groups (broad SMARTS) is 1. The average Bonchev–Trinajstić information content (AvgIpc) is 0.845. The summed E-state index contributed by atoms with van der Waals surface area (Å²) < 4.78 is 359. The maximum absolute atomic E-state index is 13.2. The highest BCUT2D eigenvalue weighted by atomic mass is 19.4. The van der Waals surface area contributed by atoms with E-state index in [2.05, 4.69) is 66.6 Å². The molecule has 15 aromatic rings. The zero-order valence-corrected chi connectivity index (χ0v) is 72.9. The molecule has 1 unspecified atom stereocenters. The smallest absolute Gasteiger partial charge is 0.430 e. The predicted molar refractivity (Wildman–Crippen MR) is 465 cm³/mol. The van der Waals surface area contributed by atoms with Crippen LogP contribution in [0.3, 0.4) is 0 Å². The van der Waals surface area contributed by atoms with Crippen LogP contribution in [0.1, 0.15) is 74.6 Å². The summed E-state index contributed by atoms with van der Waals surface area (Å²) in [5, 5.41) is 59.0. The molecule has 1 atom stereocenters. The van der Waals surface area contributed by atoms with E-state index in [1.54, 1.807) is 79.1 Å². The Hall–Kier alpha value is -17.1. The van der Waals surface area contributed by atoms with Crippen molar-refractivity contribution in [3.8, 4) is 67.8 Å². The molecule has 0 saturated heterocycles. The van der Waals surface area contributed by atoms with E-state index in [0.717, 1.165) is 80.3 Å². The van der Waals surface area contributed by atoms with Gasteiger partial charge in [-0.05, 0) is 182 Å². The standard InChI is InChI=1S/2C24H14F9N5O.C23H18F3N5O2.C21H16F6N4O4/c25-22(26,27)14-1-3-18(4-2-14)38-20(12-19(37-38)13-5-7-34-8-6-13)36-21(39)35-17-10-15(23(28,29)30)9-16(11-17)24(31,32)33;25-22(26,27)14-3-5-18(6-4-14)38-20(11-19(37-38)13-2-1-7-34-12-13)36-21(39)35-17-9-15(23(28,29)30)8-16(10-17)24(31,32)33;1-22(33,23(24,25)26)17-2-4-18(5-3-17)31-20(29-21(32)16-8-12-28-13-9-16)14-19(30-31)15-6-10-27-11-7-15;22-20(23,24)19(35,21(25,26)27)13-1-3-14(4-2-13)31-16(29-17(32)5-6-18(33)34)11-15(30-31)12-7-9-28-10-8-12/h2*1-12H,(H2,35,36,39);2-14,33H,1H3,(H,29,32);1-4,7-11,35H,5-6H2,(H,29,32)(H,33,34). The van der Waals surface area contributed by atoms with Gasteiger partial charge in [0.1, 0.15) is 23.3 Å². The van der Waals surface area contributed by atoms with E-state index >= 15 is 0 Å². The molecule has 0 radical (unpaired) electrons. The fourth-order valence-corrected chi connectivity index (χ4v) is 13.0. The summed E-state index contributed by atoms with van der Waals surface area (Å²) in [5.41, 5.74) is -15.7. The number of nitrogens with one attached hydrogen (secondary N) is 6. The van der Waals surface area contributed by atoms with Crippen LogP contribution in [0.15, 0.2) is 280 Å². The number of halogens is 27. The Morgan fingerprint density at radius 1 is 0.288 bits per heavy atom. The van der Waals surface area contributed by atoms with Crippen molar-refractivity contribution in [2.24, 2.45) is 0 Å². The topological polar surface area (TPSA) is 354 Å². The molecule has 0 spiro atoms. The quantitative estimate of drug-likeness (QED) is 0.0320. The lowest BCUT2D eigenvalue weighted by atomic mass is 9.92. The lowest BCUT2D eigenvalue weighted by Gasteiger charge is -2.32. The molecule has 15 rings (SSSR count). The predicted octanol–water partition coefficient (Wildman–Crippen LogP) is 23.7. The van der Waals surface area contributed by atoms with Crippen LogP contribution in [0.5, 0.6) is 0 Å². The number of nitrogens with zero attached hydrogens (tertiary/aromatic N) is 13. The summed E-state index contributed by atoms with van der Waals surface area (Å²) >= 11 is 0. The molecule has 27 nitrogen and oxygen atoms in total. The number of aromatic nitrogens is 13. The van der Waals surface area contributed by atoms with Gasteiger partial charge in [0.15, 0.2) is 5.60 Å². The summed E-state index contributed by atoms with van der Waals surface area (Å²) in [7, 11) is 0. The lowest BCUT2D eigenvalue weighted by molar-refractivity contribution is -0.376. The molecule has 6 amide bonds. The summed E-state index contributed by atoms with van der Waals surface area (Å²) in [6.45, 7) is 0.692. The van der Waals surface area contributed by atoms with Crippen LogP contribution in [-0.2, 0) is 57.8 Å². The van der Waals surface area contributed by atoms with E-state index in [0.29, 0.717) is 82.8 Å². The molecule has 0 aliphatic rings. The van der Waals surface area contributed by atoms with Gasteiger partial charge < -0.3 is 36.6 Å². The third-order valence-corrected chi connectivity index (χ3v) is 20.4. The minimum absolute atomic E-state index is 0.0261. The third kappa shape index (κ3) is 26.6. The SMILES string of the molecule is CC(O)(c1ccc(-n2nc(-c3ccncc3)cc2NC(=O)c2ccncc2)cc1)C(F)(F)F.O=C(Nc1cc(C(F)(F)F)cc(C(F)(F)F)c1)Nc1cc(-c2cccnc2)nn1-c1ccc(C(F)(F)F)cc1.O=C(Nc1cc(C(F)(F)F)cc(C(F)(F)F)c1)Nc1cc(-c2ccncc2)nn1-c1ccc(C(F)(F)F)cc1.O=C(O)CCC(=O)Nc1cc(-c2ccncc2)nn1-c1ccc(C(O)(C(F)(F)F)C(F)(F)F)cc1. The second kappa shape index (κ2) is 42.6. The third-order valence-electron chi connectivity index (χ3n) is 20.4. The summed E-state index contributed by atoms with van der Waals surface area (Å²) in [6, 6.07) is 35.3. The average molecular weight is 2070 g/mol. The van der Waals surface area contributed by atoms with Crippen molar-refractivity contribution in [1.29, 1.82) is 0 Å². The van der Waals surface area contributed by atoms with Crippen LogP contribution in [0.2, 0.25) is 0 Å². The molecule has 6 aromatic carbocycles. The van der Waals surface area contributed by atoms with E-state index < -0.39 is 160 Å². The summed E-state index contributed by atoms with van der Waals surface area (Å²) in [5.74, 6) is -2.37. The molecule has 0 aliphatic heterocycles. The number of aliphatic hydroxyl groups is 2. The first kappa shape index (κ1) is 108. The molecular weight excluding hydrogens is 2010 g/mol. The highest BCUT2D eigenvalue weighted by Gasteiger charge is 2.71. The molecule has 0 bridgehead atoms. The Bertz CT molecular complexity index is 6800. The number of aliphatic carboxylic acids is 1. The number of amides is 6. The van der Waals surface area contributed by atoms with Crippen LogP contribution >= 0.6 is 0 Å². The Kier molecular flexibility index (Phi) is 31.4. The normalized spacial score (nSPS) is 12.6. The van der Waals surface area contributed by atoms with E-state index in [1.807, 2.05) is 10.6 Å². The second-order valence-corrected chi connectivity index (χ2v) is 30.6. The van der Waals surface area contributed by atoms with E-state index in [4.69, 9.17) is 5.11 Å². The largest absolute Gasteiger partial charge is 0.481 e. The second-order valence-electron chi connectivity index (χ2n) is 30.6. The van der Waals surface area contributed by atoms with Crippen molar-refractivity contribution in [2.75, 3.05) is 31.9 Å². The van der Waals surface area contributed by atoms with Gasteiger partial charge in [-0.25, -0.2) is 28.3 Å². The molecular formula is C92H62F27N19O8. The summed E-state index contributed by atoms with van der Waals surface area (Å²) in [4.78, 5) is 80.3. The van der Waals surface area contributed by atoms with Crippen LogP contribution in [-0.4, -0.2) is 128 Å². The first-order valence-corrected chi connectivity index (χ1v) is 40.8. The van der Waals surface area contributed by atoms with Crippen molar-refractivity contribution in [3.05, 3.63) is 330 Å². The van der Waals surface area contributed by atoms with Gasteiger partial charge in [-0.2, -0.15) is 139 Å². The fourth-order valence-electron chi connectivity index (χ4n) is 13.0. The van der Waals surface area contributed by atoms with Gasteiger partial charge in [-0.15, -0.1) is 0 Å². The van der Waals surface area contributed by atoms with Gasteiger partial charge >= 0.3 is 73.6 Å². The number of alkyl halides is 27. The first-order chi connectivity index (χ1) is 68.1. The van der Waals surface area contributed by atoms with Crippen LogP contribution < -0.4 is 31.9 Å². The number of benzene rings is 6. The minimum atomic E-state index is -6.05. The number of urea groups is 2. The number of carbonyl (C=O) groups excluding carboxylic acids is 4. The van der Waals surface area contributed by atoms with Gasteiger partial charge in [0, 0.05) is 137 Å². The molecule has 146 heavy (non-hydrogen) atoms.